The van der Waals surface area contributed by atoms with Crippen molar-refractivity contribution >= 4 is 0 Å². The third-order valence-electron chi connectivity index (χ3n) is 2.30. The van der Waals surface area contributed by atoms with Crippen molar-refractivity contribution in [1.29, 1.82) is 0 Å². The Kier molecular flexibility index (Phi) is 3.64. The van der Waals surface area contributed by atoms with Gasteiger partial charge in [-0.2, -0.15) is 0 Å². The third-order valence-corrected chi connectivity index (χ3v) is 2.30. The monoisotopic (exact) mass is 224 g/mol. The Bertz CT molecular complexity index is 345. The fraction of sp³-hybridized carbons (Fsp3) is 0.500. The van der Waals surface area contributed by atoms with E-state index in [0.717, 1.165) is 17.1 Å². The van der Waals surface area contributed by atoms with Crippen LogP contribution in [0.15, 0.2) is 18.2 Å². The van der Waals surface area contributed by atoms with Crippen LogP contribution in [0, 0.1) is 0 Å². The Morgan fingerprint density at radius 3 is 2.50 bits per heavy atom. The molecule has 0 unspecified atom stereocenters. The van der Waals surface area contributed by atoms with Gasteiger partial charge in [0.2, 0.25) is 6.79 Å². The molecule has 88 valence electrons. The molecule has 0 spiro atoms. The molecule has 1 aromatic carbocycles. The quantitative estimate of drug-likeness (QED) is 0.720. The van der Waals surface area contributed by atoms with Gasteiger partial charge in [-0.15, -0.1) is 0 Å². The van der Waals surface area contributed by atoms with E-state index < -0.39 is 0 Å². The van der Waals surface area contributed by atoms with E-state index in [1.807, 2.05) is 32.0 Å². The van der Waals surface area contributed by atoms with Crippen molar-refractivity contribution in [3.05, 3.63) is 23.8 Å². The van der Waals surface area contributed by atoms with Crippen LogP contribution in [0.3, 0.4) is 0 Å². The molecule has 1 heterocycles. The van der Waals surface area contributed by atoms with Crippen molar-refractivity contribution in [2.24, 2.45) is 0 Å². The molecule has 0 saturated carbocycles. The van der Waals surface area contributed by atoms with Crippen molar-refractivity contribution in [2.75, 3.05) is 20.0 Å². The second kappa shape index (κ2) is 5.18. The predicted octanol–water partition coefficient (Wildman–Crippen LogP) is 2.49. The molecule has 0 fully saturated rings. The largest absolute Gasteiger partial charge is 0.454 e. The van der Waals surface area contributed by atoms with Crippen LogP contribution in [0.25, 0.3) is 0 Å². The van der Waals surface area contributed by atoms with Crippen molar-refractivity contribution < 1.29 is 18.9 Å². The van der Waals surface area contributed by atoms with E-state index in [9.17, 15) is 0 Å². The van der Waals surface area contributed by atoms with Crippen LogP contribution in [0.2, 0.25) is 0 Å². The molecule has 0 bridgehead atoms. The van der Waals surface area contributed by atoms with Gasteiger partial charge in [0, 0.05) is 18.8 Å². The highest BCUT2D eigenvalue weighted by Gasteiger charge is 2.18. The molecule has 0 aromatic heterocycles. The predicted molar refractivity (Wildman–Crippen MR) is 58.6 cm³/mol. The van der Waals surface area contributed by atoms with Crippen LogP contribution in [0.1, 0.15) is 25.7 Å². The summed E-state index contributed by atoms with van der Waals surface area (Å²) in [6.45, 7) is 5.39. The molecule has 0 radical (unpaired) electrons. The number of fused-ring (bicyclic) bond motifs is 1. The Labute approximate surface area is 95.1 Å². The summed E-state index contributed by atoms with van der Waals surface area (Å²) in [7, 11) is 0. The molecule has 4 nitrogen and oxygen atoms in total. The Morgan fingerprint density at radius 1 is 1.12 bits per heavy atom. The lowest BCUT2D eigenvalue weighted by Crippen LogP contribution is -2.08. The van der Waals surface area contributed by atoms with Gasteiger partial charge < -0.3 is 18.9 Å². The molecule has 0 atom stereocenters. The highest BCUT2D eigenvalue weighted by Crippen LogP contribution is 2.35. The minimum absolute atomic E-state index is 0.284. The van der Waals surface area contributed by atoms with E-state index in [1.165, 1.54) is 0 Å². The fourth-order valence-electron chi connectivity index (χ4n) is 1.60. The number of benzene rings is 1. The van der Waals surface area contributed by atoms with Crippen LogP contribution in [0.5, 0.6) is 11.5 Å². The summed E-state index contributed by atoms with van der Waals surface area (Å²) in [5, 5.41) is 0. The van der Waals surface area contributed by atoms with Gasteiger partial charge in [-0.1, -0.05) is 0 Å². The molecule has 1 aliphatic rings. The van der Waals surface area contributed by atoms with Crippen molar-refractivity contribution in [3.63, 3.8) is 0 Å². The van der Waals surface area contributed by atoms with E-state index >= 15 is 0 Å². The smallest absolute Gasteiger partial charge is 0.231 e. The molecule has 2 rings (SSSR count). The minimum atomic E-state index is -0.329. The van der Waals surface area contributed by atoms with Crippen molar-refractivity contribution in [2.45, 2.75) is 20.1 Å². The maximum absolute atomic E-state index is 5.51. The van der Waals surface area contributed by atoms with Crippen LogP contribution < -0.4 is 9.47 Å². The topological polar surface area (TPSA) is 36.9 Å². The Balaban J connectivity index is 2.17. The van der Waals surface area contributed by atoms with Gasteiger partial charge in [0.05, 0.1) is 0 Å². The molecule has 16 heavy (non-hydrogen) atoms. The first-order valence-electron chi connectivity index (χ1n) is 5.48. The standard InChI is InChI=1S/C12H16O4/c1-3-13-12(14-4-2)9-5-6-10-11(7-9)16-8-15-10/h5-7,12H,3-4,8H2,1-2H3. The molecular weight excluding hydrogens is 208 g/mol. The zero-order valence-electron chi connectivity index (χ0n) is 9.56. The van der Waals surface area contributed by atoms with E-state index in [2.05, 4.69) is 0 Å². The first-order chi connectivity index (χ1) is 7.85. The SMILES string of the molecule is CCOC(OCC)c1ccc2c(c1)OCO2. The molecule has 1 aliphatic heterocycles. The van der Waals surface area contributed by atoms with E-state index in [0.29, 0.717) is 13.2 Å². The zero-order chi connectivity index (χ0) is 11.4. The van der Waals surface area contributed by atoms with Gasteiger partial charge in [-0.25, -0.2) is 0 Å². The molecule has 1 aromatic rings. The van der Waals surface area contributed by atoms with Gasteiger partial charge in [0.25, 0.3) is 0 Å². The van der Waals surface area contributed by atoms with Crippen molar-refractivity contribution in [3.8, 4) is 11.5 Å². The third kappa shape index (κ3) is 2.28. The lowest BCUT2D eigenvalue weighted by atomic mass is 10.2. The highest BCUT2D eigenvalue weighted by molar-refractivity contribution is 5.44. The second-order valence-corrected chi connectivity index (χ2v) is 3.36. The van der Waals surface area contributed by atoms with Gasteiger partial charge in [0.1, 0.15) is 0 Å². The van der Waals surface area contributed by atoms with E-state index in [1.54, 1.807) is 0 Å². The average molecular weight is 224 g/mol. The normalized spacial score (nSPS) is 13.4. The summed E-state index contributed by atoms with van der Waals surface area (Å²) in [6.07, 6.45) is -0.329. The number of hydrogen-bond donors (Lipinski definition) is 0. The summed E-state index contributed by atoms with van der Waals surface area (Å²) >= 11 is 0. The van der Waals surface area contributed by atoms with Crippen LogP contribution in [0.4, 0.5) is 0 Å². The van der Waals surface area contributed by atoms with Gasteiger partial charge in [0.15, 0.2) is 17.8 Å². The van der Waals surface area contributed by atoms with E-state index in [-0.39, 0.29) is 13.1 Å². The summed E-state index contributed by atoms with van der Waals surface area (Å²) in [5.41, 5.74) is 0.952. The molecule has 0 amide bonds. The fourth-order valence-corrected chi connectivity index (χ4v) is 1.60. The first-order valence-corrected chi connectivity index (χ1v) is 5.48. The number of ether oxygens (including phenoxy) is 4. The highest BCUT2D eigenvalue weighted by atomic mass is 16.7. The molecule has 4 heteroatoms. The molecular formula is C12H16O4. The lowest BCUT2D eigenvalue weighted by molar-refractivity contribution is -0.140. The summed E-state index contributed by atoms with van der Waals surface area (Å²) < 4.78 is 21.6. The van der Waals surface area contributed by atoms with E-state index in [4.69, 9.17) is 18.9 Å². The minimum Gasteiger partial charge on any atom is -0.454 e. The van der Waals surface area contributed by atoms with Crippen LogP contribution in [-0.4, -0.2) is 20.0 Å². The maximum atomic E-state index is 5.51. The van der Waals surface area contributed by atoms with Gasteiger partial charge in [-0.05, 0) is 32.0 Å². The summed E-state index contributed by atoms with van der Waals surface area (Å²) in [6, 6.07) is 5.71. The van der Waals surface area contributed by atoms with Gasteiger partial charge in [-0.3, -0.25) is 0 Å². The second-order valence-electron chi connectivity index (χ2n) is 3.36. The Morgan fingerprint density at radius 2 is 1.81 bits per heavy atom. The molecule has 0 N–H and O–H groups in total. The Hall–Kier alpha value is -1.26. The van der Waals surface area contributed by atoms with Crippen LogP contribution in [-0.2, 0) is 9.47 Å². The summed E-state index contributed by atoms with van der Waals surface area (Å²) in [5.74, 6) is 1.53. The number of hydrogen-bond acceptors (Lipinski definition) is 4. The molecule has 0 aliphatic carbocycles. The maximum Gasteiger partial charge on any atom is 0.231 e. The number of rotatable bonds is 5. The first kappa shape index (κ1) is 11.2. The lowest BCUT2D eigenvalue weighted by Gasteiger charge is -2.17. The van der Waals surface area contributed by atoms with Crippen LogP contribution >= 0.6 is 0 Å². The zero-order valence-corrected chi connectivity index (χ0v) is 9.56. The summed E-state index contributed by atoms with van der Waals surface area (Å²) in [4.78, 5) is 0. The average Bonchev–Trinajstić information content (AvgIpc) is 2.75. The van der Waals surface area contributed by atoms with Gasteiger partial charge >= 0.3 is 0 Å². The molecule has 0 saturated heterocycles. The van der Waals surface area contributed by atoms with Crippen molar-refractivity contribution in [1.82, 2.24) is 0 Å².